The molecule has 6 rings (SSSR count). The number of hydrogen-bond donors (Lipinski definition) is 0. The Morgan fingerprint density at radius 1 is 0.721 bits per heavy atom. The summed E-state index contributed by atoms with van der Waals surface area (Å²) in [7, 11) is -5.95. The molecule has 0 saturated carbocycles. The van der Waals surface area contributed by atoms with E-state index in [1.807, 2.05) is 42.5 Å². The molecule has 0 unspecified atom stereocenters. The van der Waals surface area contributed by atoms with Crippen LogP contribution in [0.25, 0.3) is 39.1 Å². The smallest absolute Gasteiger partial charge is 0.345 e. The number of carbonyl (C=O) groups excluding carboxylic acids is 1. The molecule has 0 radical (unpaired) electrons. The highest BCUT2D eigenvalue weighted by molar-refractivity contribution is 7.85. The zero-order valence-corrected chi connectivity index (χ0v) is 22.9. The van der Waals surface area contributed by atoms with E-state index in [0.29, 0.717) is 22.3 Å². The van der Waals surface area contributed by atoms with Crippen LogP contribution in [0.15, 0.2) is 89.8 Å². The van der Waals surface area contributed by atoms with Crippen LogP contribution in [0.2, 0.25) is 0 Å². The third-order valence-electron chi connectivity index (χ3n) is 7.33. The van der Waals surface area contributed by atoms with Gasteiger partial charge in [0, 0.05) is 0 Å². The second-order valence-electron chi connectivity index (χ2n) is 9.83. The molecule has 0 atom stereocenters. The number of carbonyl (C=O) groups is 1. The van der Waals surface area contributed by atoms with Crippen molar-refractivity contribution in [3.8, 4) is 28.0 Å². The molecule has 0 spiro atoms. The molecule has 0 amide bonds. The van der Waals surface area contributed by atoms with Crippen LogP contribution >= 0.6 is 0 Å². The zero-order valence-electron chi connectivity index (χ0n) is 22.0. The van der Waals surface area contributed by atoms with E-state index in [1.54, 1.807) is 48.5 Å². The van der Waals surface area contributed by atoms with E-state index in [2.05, 4.69) is 0 Å². The van der Waals surface area contributed by atoms with Crippen molar-refractivity contribution in [2.75, 3.05) is 0 Å². The number of ether oxygens (including phenoxy) is 1. The number of allylic oxidation sites excluding steroid dienone is 1. The van der Waals surface area contributed by atoms with Crippen LogP contribution in [-0.4, -0.2) is 18.9 Å². The molecule has 5 aromatic rings. The number of esters is 1. The van der Waals surface area contributed by atoms with Gasteiger partial charge < -0.3 is 9.29 Å². The van der Waals surface area contributed by atoms with Gasteiger partial charge in [0.2, 0.25) is 17.4 Å². The summed E-state index contributed by atoms with van der Waals surface area (Å²) in [6, 6.07) is 23.1. The summed E-state index contributed by atoms with van der Waals surface area (Å²) in [5.74, 6) is -12.9. The maximum Gasteiger partial charge on any atom is 0.345 e. The first-order chi connectivity index (χ1) is 20.6. The van der Waals surface area contributed by atoms with Gasteiger partial charge in [-0.15, -0.1) is 0 Å². The van der Waals surface area contributed by atoms with Gasteiger partial charge in [0.05, 0.1) is 5.56 Å². The Labute approximate surface area is 243 Å². The number of rotatable bonds is 5. The number of hydrogen-bond acceptors (Lipinski definition) is 5. The second-order valence-corrected chi connectivity index (χ2v) is 11.1. The average molecular weight is 604 g/mol. The third-order valence-corrected chi connectivity index (χ3v) is 8.19. The summed E-state index contributed by atoms with van der Waals surface area (Å²) in [5.41, 5.74) is 3.46. The predicted molar refractivity (Wildman–Crippen MR) is 151 cm³/mol. The van der Waals surface area contributed by atoms with Gasteiger partial charge in [-0.2, -0.15) is 8.78 Å². The first-order valence-corrected chi connectivity index (χ1v) is 14.4. The van der Waals surface area contributed by atoms with E-state index in [9.17, 15) is 35.3 Å². The second kappa shape index (κ2) is 10.8. The molecule has 43 heavy (non-hydrogen) atoms. The number of benzene rings is 5. The highest BCUT2D eigenvalue weighted by Crippen LogP contribution is 2.40. The summed E-state index contributed by atoms with van der Waals surface area (Å²) >= 11 is 0. The Morgan fingerprint density at radius 3 is 2.02 bits per heavy atom. The fraction of sp³-hybridized carbons (Fsp3) is 0.0606. The monoisotopic (exact) mass is 603 g/mol. The fourth-order valence-electron chi connectivity index (χ4n) is 5.43. The lowest BCUT2D eigenvalue weighted by Crippen LogP contribution is -2.17. The van der Waals surface area contributed by atoms with Crippen molar-refractivity contribution in [3.05, 3.63) is 125 Å². The largest absolute Gasteiger partial charge is 0.744 e. The van der Waals surface area contributed by atoms with Crippen molar-refractivity contribution < 1.29 is 40.1 Å². The molecule has 0 N–H and O–H groups in total. The van der Waals surface area contributed by atoms with E-state index in [4.69, 9.17) is 4.74 Å². The molecule has 10 heteroatoms. The molecule has 0 saturated heterocycles. The van der Waals surface area contributed by atoms with Crippen LogP contribution in [0.1, 0.15) is 27.9 Å². The van der Waals surface area contributed by atoms with Gasteiger partial charge >= 0.3 is 5.97 Å². The minimum atomic E-state index is -5.95. The predicted octanol–water partition coefficient (Wildman–Crippen LogP) is 7.81. The average Bonchev–Trinajstić information content (AvgIpc) is 3.00. The standard InChI is InChI=1S/C33H20F4O5S/c34-27-29(36)32(43(39,40)41)30(37)28(35)31(27)42-33(38)26-24(22-14-5-10-18-8-1-3-12-20(18)22)16-7-17-25(26)23-15-6-11-19-9-2-4-13-21(19)23/h1,3-8,10-17H,2,9H2,(H,39,40,41)/p-1. The minimum absolute atomic E-state index is 0.161. The molecular weight excluding hydrogens is 584 g/mol. The van der Waals surface area contributed by atoms with E-state index in [1.165, 1.54) is 0 Å². The number of halogens is 4. The van der Waals surface area contributed by atoms with Crippen molar-refractivity contribution in [2.45, 2.75) is 17.7 Å². The van der Waals surface area contributed by atoms with E-state index in [-0.39, 0.29) is 5.56 Å². The van der Waals surface area contributed by atoms with Gasteiger partial charge in [0.15, 0.2) is 11.6 Å². The number of aryl methyl sites for hydroxylation is 1. The normalized spacial score (nSPS) is 12.8. The van der Waals surface area contributed by atoms with Crippen LogP contribution < -0.4 is 4.74 Å². The topological polar surface area (TPSA) is 83.5 Å². The van der Waals surface area contributed by atoms with E-state index in [0.717, 1.165) is 34.7 Å². The minimum Gasteiger partial charge on any atom is -0.744 e. The molecule has 0 bridgehead atoms. The summed E-state index contributed by atoms with van der Waals surface area (Å²) in [5, 5.41) is 1.58. The lowest BCUT2D eigenvalue weighted by atomic mass is 9.85. The van der Waals surface area contributed by atoms with Crippen molar-refractivity contribution in [3.63, 3.8) is 0 Å². The Morgan fingerprint density at radius 2 is 1.30 bits per heavy atom. The van der Waals surface area contributed by atoms with Crippen LogP contribution in [0.5, 0.6) is 5.75 Å². The molecule has 1 aliphatic carbocycles. The van der Waals surface area contributed by atoms with Gasteiger partial charge in [0.1, 0.15) is 15.0 Å². The van der Waals surface area contributed by atoms with Gasteiger partial charge in [-0.05, 0) is 57.0 Å². The van der Waals surface area contributed by atoms with Crippen molar-refractivity contribution >= 4 is 32.9 Å². The molecule has 0 aromatic heterocycles. The fourth-order valence-corrected chi connectivity index (χ4v) is 6.05. The van der Waals surface area contributed by atoms with Crippen molar-refractivity contribution in [2.24, 2.45) is 0 Å². The van der Waals surface area contributed by atoms with Gasteiger partial charge in [-0.3, -0.25) is 0 Å². The highest BCUT2D eigenvalue weighted by atomic mass is 32.2. The maximum atomic E-state index is 14.9. The van der Waals surface area contributed by atoms with Crippen LogP contribution in [0.3, 0.4) is 0 Å². The summed E-state index contributed by atoms with van der Waals surface area (Å²) in [6.45, 7) is 0. The quantitative estimate of drug-likeness (QED) is 0.0673. The zero-order chi connectivity index (χ0) is 30.5. The Kier molecular flexibility index (Phi) is 7.11. The molecule has 216 valence electrons. The molecule has 5 aromatic carbocycles. The Hall–Kier alpha value is -4.80. The van der Waals surface area contributed by atoms with E-state index < -0.39 is 50.0 Å². The first-order valence-electron chi connectivity index (χ1n) is 13.0. The van der Waals surface area contributed by atoms with E-state index >= 15 is 0 Å². The maximum absolute atomic E-state index is 14.9. The molecular formula is C33H19F4O5S-. The summed E-state index contributed by atoms with van der Waals surface area (Å²) in [6.07, 6.45) is 5.43. The lowest BCUT2D eigenvalue weighted by molar-refractivity contribution is 0.0718. The summed E-state index contributed by atoms with van der Waals surface area (Å²) in [4.78, 5) is 11.6. The third kappa shape index (κ3) is 4.88. The van der Waals surface area contributed by atoms with Crippen LogP contribution in [0, 0.1) is 23.3 Å². The van der Waals surface area contributed by atoms with Crippen LogP contribution in [0.4, 0.5) is 17.6 Å². The van der Waals surface area contributed by atoms with Gasteiger partial charge in [0.25, 0.3) is 0 Å². The first kappa shape index (κ1) is 28.3. The lowest BCUT2D eigenvalue weighted by Gasteiger charge is -2.20. The van der Waals surface area contributed by atoms with Gasteiger partial charge in [-0.25, -0.2) is 22.0 Å². The molecule has 0 aliphatic heterocycles. The van der Waals surface area contributed by atoms with Crippen molar-refractivity contribution in [1.29, 1.82) is 0 Å². The molecule has 0 heterocycles. The molecule has 5 nitrogen and oxygen atoms in total. The van der Waals surface area contributed by atoms with Crippen molar-refractivity contribution in [1.82, 2.24) is 0 Å². The highest BCUT2D eigenvalue weighted by Gasteiger charge is 2.33. The SMILES string of the molecule is O=C(Oc1c(F)c(F)c(S(=O)(=O)[O-])c(F)c1F)c1c(-c2cccc3c2C=CCC3)cccc1-c1cccc2ccccc12. The van der Waals surface area contributed by atoms with Gasteiger partial charge in [-0.1, -0.05) is 91.0 Å². The number of fused-ring (bicyclic) bond motifs is 2. The molecule has 1 aliphatic rings. The Balaban J connectivity index is 1.61. The summed E-state index contributed by atoms with van der Waals surface area (Å²) < 4.78 is 97.8. The molecule has 0 fully saturated rings. The Bertz CT molecular complexity index is 2070. The van der Waals surface area contributed by atoms with Crippen LogP contribution in [-0.2, 0) is 16.5 Å².